The molecule has 0 aliphatic carbocycles. The lowest BCUT2D eigenvalue weighted by molar-refractivity contribution is -0.119. The van der Waals surface area contributed by atoms with Crippen LogP contribution in [0.15, 0.2) is 18.2 Å². The third-order valence-corrected chi connectivity index (χ3v) is 4.56. The van der Waals surface area contributed by atoms with Crippen LogP contribution < -0.4 is 10.1 Å². The summed E-state index contributed by atoms with van der Waals surface area (Å²) in [5.74, 6) is 1.17. The number of carbonyl (C=O) groups excluding carboxylic acids is 1. The van der Waals surface area contributed by atoms with Crippen molar-refractivity contribution in [1.82, 2.24) is 10.2 Å². The van der Waals surface area contributed by atoms with Crippen LogP contribution in [0.1, 0.15) is 44.7 Å². The quantitative estimate of drug-likeness (QED) is 0.933. The lowest BCUT2D eigenvalue weighted by Gasteiger charge is -2.32. The molecule has 1 aromatic carbocycles. The maximum absolute atomic E-state index is 11.1. The molecular weight excluding hydrogens is 276 g/mol. The average Bonchev–Trinajstić information content (AvgIpc) is 2.75. The van der Waals surface area contributed by atoms with Crippen molar-refractivity contribution in [3.8, 4) is 5.75 Å². The number of hydrogen-bond acceptors (Lipinski definition) is 3. The predicted octanol–water partition coefficient (Wildman–Crippen LogP) is 2.50. The van der Waals surface area contributed by atoms with Gasteiger partial charge in [0.05, 0.1) is 0 Å². The lowest BCUT2D eigenvalue weighted by Crippen LogP contribution is -2.43. The number of hydrogen-bond donors (Lipinski definition) is 1. The fourth-order valence-electron chi connectivity index (χ4n) is 3.57. The zero-order chi connectivity index (χ0) is 15.7. The molecule has 1 saturated heterocycles. The first kappa shape index (κ1) is 15.3. The van der Waals surface area contributed by atoms with Crippen molar-refractivity contribution >= 4 is 5.91 Å². The molecule has 2 heterocycles. The first-order valence-corrected chi connectivity index (χ1v) is 8.22. The SMILES string of the molecule is CC(=O)NC1CCN(Cc2cccc3c2OC(C)(C)C3)CC1. The summed E-state index contributed by atoms with van der Waals surface area (Å²) in [7, 11) is 0. The fraction of sp³-hybridized carbons (Fsp3) is 0.611. The van der Waals surface area contributed by atoms with Crippen LogP contribution in [0.3, 0.4) is 0 Å². The minimum atomic E-state index is -0.0865. The first-order valence-electron chi connectivity index (χ1n) is 8.22. The largest absolute Gasteiger partial charge is 0.487 e. The summed E-state index contributed by atoms with van der Waals surface area (Å²) in [6.45, 7) is 8.88. The van der Waals surface area contributed by atoms with Gasteiger partial charge in [-0.15, -0.1) is 0 Å². The summed E-state index contributed by atoms with van der Waals surface area (Å²) < 4.78 is 6.16. The number of ether oxygens (including phenoxy) is 1. The van der Waals surface area contributed by atoms with Gasteiger partial charge in [-0.1, -0.05) is 18.2 Å². The Morgan fingerprint density at radius 3 is 2.77 bits per heavy atom. The molecule has 3 rings (SSSR count). The van der Waals surface area contributed by atoms with E-state index in [0.29, 0.717) is 6.04 Å². The Labute approximate surface area is 132 Å². The number of nitrogens with zero attached hydrogens (tertiary/aromatic N) is 1. The summed E-state index contributed by atoms with van der Waals surface area (Å²) in [5.41, 5.74) is 2.54. The van der Waals surface area contributed by atoms with Gasteiger partial charge in [0.15, 0.2) is 0 Å². The zero-order valence-corrected chi connectivity index (χ0v) is 13.8. The van der Waals surface area contributed by atoms with Crippen LogP contribution in [0.2, 0.25) is 0 Å². The molecule has 1 amide bonds. The summed E-state index contributed by atoms with van der Waals surface area (Å²) in [4.78, 5) is 13.6. The first-order chi connectivity index (χ1) is 10.4. The van der Waals surface area contributed by atoms with Crippen molar-refractivity contribution in [3.05, 3.63) is 29.3 Å². The van der Waals surface area contributed by atoms with Crippen LogP contribution in [0.5, 0.6) is 5.75 Å². The Balaban J connectivity index is 1.62. The number of carbonyl (C=O) groups is 1. The van der Waals surface area contributed by atoms with Crippen LogP contribution in [0.4, 0.5) is 0 Å². The molecule has 1 aromatic rings. The molecule has 1 N–H and O–H groups in total. The van der Waals surface area contributed by atoms with E-state index in [1.807, 2.05) is 0 Å². The molecule has 0 bridgehead atoms. The number of piperidine rings is 1. The van der Waals surface area contributed by atoms with E-state index in [2.05, 4.69) is 42.3 Å². The highest BCUT2D eigenvalue weighted by Crippen LogP contribution is 2.38. The van der Waals surface area contributed by atoms with Crippen LogP contribution in [-0.2, 0) is 17.8 Å². The van der Waals surface area contributed by atoms with Crippen molar-refractivity contribution < 1.29 is 9.53 Å². The molecule has 4 nitrogen and oxygen atoms in total. The molecular formula is C18H26N2O2. The fourth-order valence-corrected chi connectivity index (χ4v) is 3.57. The van der Waals surface area contributed by atoms with Crippen LogP contribution in [0.25, 0.3) is 0 Å². The Kier molecular flexibility index (Phi) is 4.13. The number of para-hydroxylation sites is 1. The highest BCUT2D eigenvalue weighted by molar-refractivity contribution is 5.73. The van der Waals surface area contributed by atoms with Crippen LogP contribution >= 0.6 is 0 Å². The Morgan fingerprint density at radius 1 is 1.36 bits per heavy atom. The van der Waals surface area contributed by atoms with E-state index in [1.54, 1.807) is 6.92 Å². The van der Waals surface area contributed by atoms with Gasteiger partial charge in [-0.2, -0.15) is 0 Å². The van der Waals surface area contributed by atoms with Gasteiger partial charge in [-0.3, -0.25) is 9.69 Å². The molecule has 0 spiro atoms. The summed E-state index contributed by atoms with van der Waals surface area (Å²) >= 11 is 0. The molecule has 2 aliphatic rings. The third-order valence-electron chi connectivity index (χ3n) is 4.56. The second-order valence-electron chi connectivity index (χ2n) is 7.19. The van der Waals surface area contributed by atoms with Crippen molar-refractivity contribution in [2.24, 2.45) is 0 Å². The van der Waals surface area contributed by atoms with Crippen molar-refractivity contribution in [2.75, 3.05) is 13.1 Å². The smallest absolute Gasteiger partial charge is 0.217 e. The average molecular weight is 302 g/mol. The van der Waals surface area contributed by atoms with E-state index in [4.69, 9.17) is 4.74 Å². The van der Waals surface area contributed by atoms with Gasteiger partial charge in [0, 0.05) is 44.6 Å². The third kappa shape index (κ3) is 3.43. The van der Waals surface area contributed by atoms with Gasteiger partial charge in [-0.25, -0.2) is 0 Å². The highest BCUT2D eigenvalue weighted by atomic mass is 16.5. The molecule has 0 aromatic heterocycles. The minimum absolute atomic E-state index is 0.0787. The summed E-state index contributed by atoms with van der Waals surface area (Å²) in [5, 5.41) is 3.03. The Hall–Kier alpha value is -1.55. The molecule has 120 valence electrons. The lowest BCUT2D eigenvalue weighted by atomic mass is 10.00. The Morgan fingerprint density at radius 2 is 2.09 bits per heavy atom. The molecule has 22 heavy (non-hydrogen) atoms. The van der Waals surface area contributed by atoms with E-state index in [1.165, 1.54) is 11.1 Å². The normalized spacial score (nSPS) is 21.2. The molecule has 1 fully saturated rings. The number of nitrogens with one attached hydrogen (secondary N) is 1. The number of rotatable bonds is 3. The predicted molar refractivity (Wildman–Crippen MR) is 87.0 cm³/mol. The molecule has 2 aliphatic heterocycles. The van der Waals surface area contributed by atoms with Crippen molar-refractivity contribution in [1.29, 1.82) is 0 Å². The van der Waals surface area contributed by atoms with E-state index in [9.17, 15) is 4.79 Å². The maximum Gasteiger partial charge on any atom is 0.217 e. The van der Waals surface area contributed by atoms with Gasteiger partial charge < -0.3 is 10.1 Å². The summed E-state index contributed by atoms with van der Waals surface area (Å²) in [6.07, 6.45) is 3.04. The highest BCUT2D eigenvalue weighted by Gasteiger charge is 2.32. The molecule has 4 heteroatoms. The Bertz CT molecular complexity index is 560. The van der Waals surface area contributed by atoms with Gasteiger partial charge >= 0.3 is 0 Å². The molecule has 0 atom stereocenters. The second kappa shape index (κ2) is 5.92. The van der Waals surface area contributed by atoms with Crippen LogP contribution in [-0.4, -0.2) is 35.5 Å². The standard InChI is InChI=1S/C18H26N2O2/c1-13(21)19-16-7-9-20(10-8-16)12-15-6-4-5-14-11-18(2,3)22-17(14)15/h4-6,16H,7-12H2,1-3H3,(H,19,21). The van der Waals surface area contributed by atoms with Gasteiger partial charge in [0.1, 0.15) is 11.4 Å². The van der Waals surface area contributed by atoms with E-state index in [0.717, 1.165) is 44.6 Å². The van der Waals surface area contributed by atoms with E-state index in [-0.39, 0.29) is 11.5 Å². The van der Waals surface area contributed by atoms with Crippen LogP contribution in [0, 0.1) is 0 Å². The van der Waals surface area contributed by atoms with Gasteiger partial charge in [0.25, 0.3) is 0 Å². The molecule has 0 saturated carbocycles. The number of likely N-dealkylation sites (tertiary alicyclic amines) is 1. The number of fused-ring (bicyclic) bond motifs is 1. The van der Waals surface area contributed by atoms with Crippen molar-refractivity contribution in [2.45, 2.75) is 58.2 Å². The molecule has 0 radical (unpaired) electrons. The zero-order valence-electron chi connectivity index (χ0n) is 13.8. The van der Waals surface area contributed by atoms with E-state index >= 15 is 0 Å². The van der Waals surface area contributed by atoms with Gasteiger partial charge in [-0.05, 0) is 32.3 Å². The number of amides is 1. The minimum Gasteiger partial charge on any atom is -0.487 e. The van der Waals surface area contributed by atoms with E-state index < -0.39 is 0 Å². The summed E-state index contributed by atoms with van der Waals surface area (Å²) in [6, 6.07) is 6.84. The maximum atomic E-state index is 11.1. The second-order valence-corrected chi connectivity index (χ2v) is 7.19. The van der Waals surface area contributed by atoms with Crippen molar-refractivity contribution in [3.63, 3.8) is 0 Å². The number of benzene rings is 1. The topological polar surface area (TPSA) is 41.6 Å². The molecule has 0 unspecified atom stereocenters. The van der Waals surface area contributed by atoms with Gasteiger partial charge in [0.2, 0.25) is 5.91 Å². The monoisotopic (exact) mass is 302 g/mol.